The second-order valence-corrected chi connectivity index (χ2v) is 5.09. The van der Waals surface area contributed by atoms with Gasteiger partial charge in [0.25, 0.3) is 0 Å². The molecule has 0 saturated heterocycles. The van der Waals surface area contributed by atoms with Crippen molar-refractivity contribution in [2.75, 3.05) is 6.54 Å². The van der Waals surface area contributed by atoms with Crippen molar-refractivity contribution in [3.05, 3.63) is 48.5 Å². The van der Waals surface area contributed by atoms with Crippen molar-refractivity contribution in [3.63, 3.8) is 0 Å². The summed E-state index contributed by atoms with van der Waals surface area (Å²) >= 11 is 0. The van der Waals surface area contributed by atoms with Crippen LogP contribution in [0.3, 0.4) is 0 Å². The lowest BCUT2D eigenvalue weighted by Crippen LogP contribution is -2.23. The Kier molecular flexibility index (Phi) is 4.15. The third kappa shape index (κ3) is 3.20. The van der Waals surface area contributed by atoms with E-state index in [9.17, 15) is 0 Å². The molecule has 18 heavy (non-hydrogen) atoms. The van der Waals surface area contributed by atoms with E-state index in [1.54, 1.807) is 6.20 Å². The molecule has 2 rings (SSSR count). The number of hydrogen-bond acceptors (Lipinski definition) is 2. The lowest BCUT2D eigenvalue weighted by atomic mass is 10.1. The van der Waals surface area contributed by atoms with Crippen LogP contribution in [0.15, 0.2) is 43.0 Å². The van der Waals surface area contributed by atoms with Crippen LogP contribution in [-0.4, -0.2) is 16.1 Å². The molecule has 0 aliphatic heterocycles. The summed E-state index contributed by atoms with van der Waals surface area (Å²) in [7, 11) is 0. The zero-order valence-electron chi connectivity index (χ0n) is 11.3. The van der Waals surface area contributed by atoms with Gasteiger partial charge in [-0.05, 0) is 37.1 Å². The molecule has 0 aliphatic rings. The summed E-state index contributed by atoms with van der Waals surface area (Å²) in [5.41, 5.74) is 2.46. The van der Waals surface area contributed by atoms with Gasteiger partial charge in [0.05, 0.1) is 6.33 Å². The third-order valence-electron chi connectivity index (χ3n) is 3.03. The second-order valence-electron chi connectivity index (χ2n) is 5.09. The summed E-state index contributed by atoms with van der Waals surface area (Å²) in [6.07, 6.45) is 5.56. The molecular weight excluding hydrogens is 222 g/mol. The molecule has 0 spiro atoms. The highest BCUT2D eigenvalue weighted by atomic mass is 15.0. The predicted octanol–water partition coefficient (Wildman–Crippen LogP) is 3.18. The highest BCUT2D eigenvalue weighted by molar-refractivity contribution is 5.35. The molecule has 1 aromatic carbocycles. The van der Waals surface area contributed by atoms with Gasteiger partial charge in [0.2, 0.25) is 0 Å². The maximum atomic E-state index is 4.06. The van der Waals surface area contributed by atoms with Gasteiger partial charge in [-0.2, -0.15) is 0 Å². The first kappa shape index (κ1) is 12.8. The molecule has 1 aromatic heterocycles. The smallest absolute Gasteiger partial charge is 0.0991 e. The maximum absolute atomic E-state index is 4.06. The van der Waals surface area contributed by atoms with Gasteiger partial charge in [0, 0.05) is 24.1 Å². The number of aromatic nitrogens is 2. The fraction of sp³-hybridized carbons (Fsp3) is 0.400. The Labute approximate surface area is 109 Å². The fourth-order valence-corrected chi connectivity index (χ4v) is 1.88. The Bertz CT molecular complexity index is 457. The van der Waals surface area contributed by atoms with Crippen LogP contribution in [-0.2, 0) is 0 Å². The molecule has 3 nitrogen and oxygen atoms in total. The van der Waals surface area contributed by atoms with Crippen LogP contribution >= 0.6 is 0 Å². The van der Waals surface area contributed by atoms with E-state index in [4.69, 9.17) is 0 Å². The topological polar surface area (TPSA) is 29.9 Å². The molecule has 1 N–H and O–H groups in total. The molecule has 1 heterocycles. The van der Waals surface area contributed by atoms with E-state index in [1.807, 2.05) is 17.1 Å². The van der Waals surface area contributed by atoms with Gasteiger partial charge < -0.3 is 9.88 Å². The molecule has 96 valence electrons. The summed E-state index contributed by atoms with van der Waals surface area (Å²) in [6.45, 7) is 7.70. The Morgan fingerprint density at radius 1 is 1.17 bits per heavy atom. The first-order valence-corrected chi connectivity index (χ1v) is 6.48. The van der Waals surface area contributed by atoms with Crippen LogP contribution in [0.1, 0.15) is 32.4 Å². The normalized spacial score (nSPS) is 12.9. The molecule has 0 saturated carbocycles. The van der Waals surface area contributed by atoms with Crippen molar-refractivity contribution in [3.8, 4) is 5.69 Å². The van der Waals surface area contributed by atoms with Crippen LogP contribution in [0.5, 0.6) is 0 Å². The summed E-state index contributed by atoms with van der Waals surface area (Å²) in [5.74, 6) is 0.678. The van der Waals surface area contributed by atoms with Gasteiger partial charge in [-0.25, -0.2) is 4.98 Å². The van der Waals surface area contributed by atoms with E-state index in [-0.39, 0.29) is 0 Å². The summed E-state index contributed by atoms with van der Waals surface area (Å²) < 4.78 is 2.01. The molecule has 0 fully saturated rings. The van der Waals surface area contributed by atoms with Gasteiger partial charge >= 0.3 is 0 Å². The number of imidazole rings is 1. The number of hydrogen-bond donors (Lipinski definition) is 1. The van der Waals surface area contributed by atoms with Crippen LogP contribution in [0.2, 0.25) is 0 Å². The van der Waals surface area contributed by atoms with Gasteiger partial charge in [0.15, 0.2) is 0 Å². The molecule has 3 heteroatoms. The van der Waals surface area contributed by atoms with Crippen LogP contribution in [0.4, 0.5) is 0 Å². The van der Waals surface area contributed by atoms with Crippen LogP contribution < -0.4 is 5.32 Å². The Hall–Kier alpha value is -1.61. The molecule has 0 radical (unpaired) electrons. The van der Waals surface area contributed by atoms with Crippen molar-refractivity contribution in [1.82, 2.24) is 14.9 Å². The minimum atomic E-state index is 0.393. The van der Waals surface area contributed by atoms with Gasteiger partial charge in [-0.1, -0.05) is 26.0 Å². The lowest BCUT2D eigenvalue weighted by Gasteiger charge is -2.16. The molecule has 0 aliphatic carbocycles. The monoisotopic (exact) mass is 243 g/mol. The lowest BCUT2D eigenvalue weighted by molar-refractivity contribution is 0.496. The van der Waals surface area contributed by atoms with Crippen molar-refractivity contribution < 1.29 is 0 Å². The van der Waals surface area contributed by atoms with Crippen LogP contribution in [0, 0.1) is 5.92 Å². The number of nitrogens with zero attached hydrogens (tertiary/aromatic N) is 2. The molecular formula is C15H21N3. The third-order valence-corrected chi connectivity index (χ3v) is 3.03. The number of benzene rings is 1. The van der Waals surface area contributed by atoms with Gasteiger partial charge in [-0.3, -0.25) is 0 Å². The molecule has 2 aromatic rings. The standard InChI is InChI=1S/C15H21N3/c1-12(2)10-17-13(3)14-4-6-15(7-5-14)18-9-8-16-11-18/h4-9,11-13,17H,10H2,1-3H3. The Morgan fingerprint density at radius 2 is 1.89 bits per heavy atom. The first-order valence-electron chi connectivity index (χ1n) is 6.48. The Morgan fingerprint density at radius 3 is 2.44 bits per heavy atom. The largest absolute Gasteiger partial charge is 0.310 e. The van der Waals surface area contributed by atoms with E-state index in [1.165, 1.54) is 5.56 Å². The highest BCUT2D eigenvalue weighted by Gasteiger charge is 2.05. The quantitative estimate of drug-likeness (QED) is 0.874. The molecule has 0 bridgehead atoms. The Balaban J connectivity index is 2.03. The van der Waals surface area contributed by atoms with E-state index in [2.05, 4.69) is 55.3 Å². The molecule has 1 atom stereocenters. The predicted molar refractivity (Wildman–Crippen MR) is 74.8 cm³/mol. The zero-order valence-corrected chi connectivity index (χ0v) is 11.3. The second kappa shape index (κ2) is 5.83. The van der Waals surface area contributed by atoms with E-state index in [0.717, 1.165) is 12.2 Å². The van der Waals surface area contributed by atoms with E-state index >= 15 is 0 Å². The van der Waals surface area contributed by atoms with E-state index in [0.29, 0.717) is 12.0 Å². The summed E-state index contributed by atoms with van der Waals surface area (Å²) in [6, 6.07) is 9.00. The SMILES string of the molecule is CC(C)CNC(C)c1ccc(-n2ccnc2)cc1. The molecule has 1 unspecified atom stereocenters. The minimum absolute atomic E-state index is 0.393. The number of nitrogens with one attached hydrogen (secondary N) is 1. The highest BCUT2D eigenvalue weighted by Crippen LogP contribution is 2.15. The average Bonchev–Trinajstić information content (AvgIpc) is 2.90. The summed E-state index contributed by atoms with van der Waals surface area (Å²) in [4.78, 5) is 4.06. The fourth-order valence-electron chi connectivity index (χ4n) is 1.88. The zero-order chi connectivity index (χ0) is 13.0. The van der Waals surface area contributed by atoms with Crippen molar-refractivity contribution in [1.29, 1.82) is 0 Å². The van der Waals surface area contributed by atoms with Crippen molar-refractivity contribution >= 4 is 0 Å². The minimum Gasteiger partial charge on any atom is -0.310 e. The van der Waals surface area contributed by atoms with Gasteiger partial charge in [-0.15, -0.1) is 0 Å². The van der Waals surface area contributed by atoms with E-state index < -0.39 is 0 Å². The van der Waals surface area contributed by atoms with Crippen molar-refractivity contribution in [2.45, 2.75) is 26.8 Å². The maximum Gasteiger partial charge on any atom is 0.0991 e. The first-order chi connectivity index (χ1) is 8.66. The number of rotatable bonds is 5. The van der Waals surface area contributed by atoms with Gasteiger partial charge in [0.1, 0.15) is 0 Å². The molecule has 0 amide bonds. The summed E-state index contributed by atoms with van der Waals surface area (Å²) in [5, 5.41) is 3.53. The average molecular weight is 243 g/mol. The van der Waals surface area contributed by atoms with Crippen molar-refractivity contribution in [2.24, 2.45) is 5.92 Å². The van der Waals surface area contributed by atoms with Crippen LogP contribution in [0.25, 0.3) is 5.69 Å².